The summed E-state index contributed by atoms with van der Waals surface area (Å²) in [6.45, 7) is 2.22. The molecule has 0 atom stereocenters. The molecule has 6 heteroatoms. The van der Waals surface area contributed by atoms with Gasteiger partial charge in [0.05, 0.1) is 12.1 Å². The van der Waals surface area contributed by atoms with E-state index in [1.165, 1.54) is 29.4 Å². The van der Waals surface area contributed by atoms with Crippen molar-refractivity contribution in [2.24, 2.45) is 0 Å². The molecule has 1 saturated carbocycles. The fraction of sp³-hybridized carbons (Fsp3) is 0.480. The summed E-state index contributed by atoms with van der Waals surface area (Å²) in [5, 5.41) is 0. The van der Waals surface area contributed by atoms with E-state index in [0.29, 0.717) is 23.7 Å². The molecule has 0 spiro atoms. The Morgan fingerprint density at radius 3 is 2.42 bits per heavy atom. The van der Waals surface area contributed by atoms with Gasteiger partial charge in [-0.1, -0.05) is 25.0 Å². The van der Waals surface area contributed by atoms with Crippen molar-refractivity contribution in [2.45, 2.75) is 63.7 Å². The molecule has 2 aromatic carbocycles. The fourth-order valence-corrected chi connectivity index (χ4v) is 5.08. The summed E-state index contributed by atoms with van der Waals surface area (Å²) in [7, 11) is 0. The van der Waals surface area contributed by atoms with Gasteiger partial charge in [0.25, 0.3) is 5.91 Å². The van der Waals surface area contributed by atoms with Gasteiger partial charge < -0.3 is 4.90 Å². The van der Waals surface area contributed by atoms with Crippen LogP contribution in [-0.2, 0) is 19.3 Å². The zero-order chi connectivity index (χ0) is 21.6. The maximum absolute atomic E-state index is 13.9. The Morgan fingerprint density at radius 1 is 0.968 bits per heavy atom. The number of hydrogen-bond acceptors (Lipinski definition) is 2. The number of amides is 1. The van der Waals surface area contributed by atoms with Gasteiger partial charge in [0.15, 0.2) is 0 Å². The smallest absolute Gasteiger partial charge is 0.304 e. The van der Waals surface area contributed by atoms with Crippen molar-refractivity contribution in [3.63, 3.8) is 0 Å². The average Bonchev–Trinajstić information content (AvgIpc) is 3.03. The SMILES string of the molecule is O=C1c2cc(CN3CCCCC3)cc(C(F)(F)F)c2CN1c1cccc(C2CCC2)c1. The summed E-state index contributed by atoms with van der Waals surface area (Å²) in [4.78, 5) is 16.9. The molecule has 2 heterocycles. The molecule has 5 rings (SSSR count). The highest BCUT2D eigenvalue weighted by molar-refractivity contribution is 6.10. The topological polar surface area (TPSA) is 23.6 Å². The monoisotopic (exact) mass is 428 g/mol. The number of benzene rings is 2. The molecule has 2 aromatic rings. The quantitative estimate of drug-likeness (QED) is 0.586. The third-order valence-electron chi connectivity index (χ3n) is 7.02. The van der Waals surface area contributed by atoms with Gasteiger partial charge in [0.1, 0.15) is 0 Å². The number of fused-ring (bicyclic) bond motifs is 1. The molecule has 1 amide bonds. The summed E-state index contributed by atoms with van der Waals surface area (Å²) in [5.74, 6) is 0.175. The van der Waals surface area contributed by atoms with Crippen molar-refractivity contribution in [3.8, 4) is 0 Å². The molecule has 31 heavy (non-hydrogen) atoms. The van der Waals surface area contributed by atoms with Gasteiger partial charge in [-0.25, -0.2) is 0 Å². The predicted octanol–water partition coefficient (Wildman–Crippen LogP) is 6.12. The Kier molecular flexibility index (Phi) is 5.29. The second kappa shape index (κ2) is 7.97. The second-order valence-corrected chi connectivity index (χ2v) is 9.12. The number of nitrogens with zero attached hydrogens (tertiary/aromatic N) is 2. The van der Waals surface area contributed by atoms with Gasteiger partial charge in [-0.15, -0.1) is 0 Å². The van der Waals surface area contributed by atoms with Crippen LogP contribution < -0.4 is 4.90 Å². The molecule has 164 valence electrons. The highest BCUT2D eigenvalue weighted by Crippen LogP contribution is 2.41. The minimum atomic E-state index is -4.48. The molecule has 0 unspecified atom stereocenters. The van der Waals surface area contributed by atoms with E-state index >= 15 is 0 Å². The van der Waals surface area contributed by atoms with Crippen LogP contribution in [0.15, 0.2) is 36.4 Å². The van der Waals surface area contributed by atoms with E-state index < -0.39 is 11.7 Å². The average molecular weight is 428 g/mol. The molecular formula is C25H27F3N2O. The normalized spacial score (nSPS) is 20.1. The van der Waals surface area contributed by atoms with E-state index in [-0.39, 0.29) is 23.6 Å². The van der Waals surface area contributed by atoms with Crippen LogP contribution in [0.3, 0.4) is 0 Å². The lowest BCUT2D eigenvalue weighted by Crippen LogP contribution is -2.29. The predicted molar refractivity (Wildman–Crippen MR) is 114 cm³/mol. The Labute approximate surface area is 180 Å². The number of carbonyl (C=O) groups excluding carboxylic acids is 1. The summed E-state index contributed by atoms with van der Waals surface area (Å²) >= 11 is 0. The van der Waals surface area contributed by atoms with Crippen LogP contribution in [0.5, 0.6) is 0 Å². The van der Waals surface area contributed by atoms with Crippen molar-refractivity contribution < 1.29 is 18.0 Å². The van der Waals surface area contributed by atoms with Crippen molar-refractivity contribution in [1.82, 2.24) is 4.90 Å². The number of alkyl halides is 3. The first-order valence-corrected chi connectivity index (χ1v) is 11.3. The highest BCUT2D eigenvalue weighted by Gasteiger charge is 2.40. The van der Waals surface area contributed by atoms with Crippen LogP contribution >= 0.6 is 0 Å². The zero-order valence-electron chi connectivity index (χ0n) is 17.5. The lowest BCUT2D eigenvalue weighted by Gasteiger charge is -2.27. The van der Waals surface area contributed by atoms with Crippen LogP contribution in [0.25, 0.3) is 0 Å². The third-order valence-corrected chi connectivity index (χ3v) is 7.02. The largest absolute Gasteiger partial charge is 0.416 e. The molecule has 0 bridgehead atoms. The molecule has 3 aliphatic rings. The van der Waals surface area contributed by atoms with Crippen LogP contribution in [0.1, 0.15) is 77.1 Å². The van der Waals surface area contributed by atoms with Crippen LogP contribution in [0.4, 0.5) is 18.9 Å². The maximum Gasteiger partial charge on any atom is 0.416 e. The number of rotatable bonds is 4. The van der Waals surface area contributed by atoms with E-state index in [1.807, 2.05) is 18.2 Å². The fourth-order valence-electron chi connectivity index (χ4n) is 5.08. The van der Waals surface area contributed by atoms with Crippen molar-refractivity contribution >= 4 is 11.6 Å². The Hall–Kier alpha value is -2.34. The van der Waals surface area contributed by atoms with Gasteiger partial charge >= 0.3 is 6.18 Å². The standard InChI is InChI=1S/C25H27F3N2O/c26-25(27,28)23-13-17(15-29-10-2-1-3-11-29)12-21-22(23)16-30(24(21)31)20-9-5-8-19(14-20)18-6-4-7-18/h5,8-9,12-14,18H,1-4,6-7,10-11,15-16H2. The van der Waals surface area contributed by atoms with E-state index in [2.05, 4.69) is 11.0 Å². The van der Waals surface area contributed by atoms with Crippen molar-refractivity contribution in [2.75, 3.05) is 18.0 Å². The molecule has 0 radical (unpaired) electrons. The Morgan fingerprint density at radius 2 is 1.74 bits per heavy atom. The molecule has 2 fully saturated rings. The molecule has 0 N–H and O–H groups in total. The van der Waals surface area contributed by atoms with Gasteiger partial charge in [0.2, 0.25) is 0 Å². The van der Waals surface area contributed by atoms with Crippen LogP contribution in [0, 0.1) is 0 Å². The zero-order valence-corrected chi connectivity index (χ0v) is 17.5. The van der Waals surface area contributed by atoms with E-state index in [1.54, 1.807) is 6.07 Å². The number of carbonyl (C=O) groups is 1. The van der Waals surface area contributed by atoms with E-state index in [4.69, 9.17) is 0 Å². The van der Waals surface area contributed by atoms with E-state index in [9.17, 15) is 18.0 Å². The summed E-state index contributed by atoms with van der Waals surface area (Å²) in [5.41, 5.74) is 2.09. The summed E-state index contributed by atoms with van der Waals surface area (Å²) < 4.78 is 41.8. The Bertz CT molecular complexity index is 991. The molecule has 1 aliphatic carbocycles. The Balaban J connectivity index is 1.48. The second-order valence-electron chi connectivity index (χ2n) is 9.12. The summed E-state index contributed by atoms with van der Waals surface area (Å²) in [6.07, 6.45) is 2.30. The minimum Gasteiger partial charge on any atom is -0.304 e. The van der Waals surface area contributed by atoms with Crippen LogP contribution in [0.2, 0.25) is 0 Å². The van der Waals surface area contributed by atoms with E-state index in [0.717, 1.165) is 38.8 Å². The molecule has 0 aromatic heterocycles. The van der Waals surface area contributed by atoms with Crippen molar-refractivity contribution in [3.05, 3.63) is 64.2 Å². The maximum atomic E-state index is 13.9. The lowest BCUT2D eigenvalue weighted by atomic mass is 9.80. The summed E-state index contributed by atoms with van der Waals surface area (Å²) in [6, 6.07) is 10.7. The van der Waals surface area contributed by atoms with Gasteiger partial charge in [-0.2, -0.15) is 13.2 Å². The first kappa shape index (κ1) is 20.6. The molecule has 3 nitrogen and oxygen atoms in total. The highest BCUT2D eigenvalue weighted by atomic mass is 19.4. The molecule has 1 saturated heterocycles. The third kappa shape index (κ3) is 3.98. The number of anilines is 1. The molecular weight excluding hydrogens is 401 g/mol. The minimum absolute atomic E-state index is 0.0267. The van der Waals surface area contributed by atoms with Crippen LogP contribution in [-0.4, -0.2) is 23.9 Å². The first-order valence-electron chi connectivity index (χ1n) is 11.3. The van der Waals surface area contributed by atoms with Gasteiger partial charge in [-0.3, -0.25) is 9.69 Å². The lowest BCUT2D eigenvalue weighted by molar-refractivity contribution is -0.138. The number of hydrogen-bond donors (Lipinski definition) is 0. The van der Waals surface area contributed by atoms with Gasteiger partial charge in [0, 0.05) is 17.8 Å². The number of piperidine rings is 1. The van der Waals surface area contributed by atoms with Crippen molar-refractivity contribution in [1.29, 1.82) is 0 Å². The van der Waals surface area contributed by atoms with Gasteiger partial charge in [-0.05, 0) is 85.6 Å². The number of halogens is 3. The first-order chi connectivity index (χ1) is 14.9. The number of likely N-dealkylation sites (tertiary alicyclic amines) is 1. The molecule has 2 aliphatic heterocycles.